The maximum Gasteiger partial charge on any atom is 1.00 e. The van der Waals surface area contributed by atoms with Crippen molar-refractivity contribution in [2.45, 2.75) is 52.7 Å². The smallest absolute Gasteiger partial charge is 0.853 e. The zero-order valence-corrected chi connectivity index (χ0v) is 20.0. The molecule has 0 radical (unpaired) electrons. The Hall–Kier alpha value is 0.759. The van der Waals surface area contributed by atoms with Crippen LogP contribution in [0.25, 0.3) is 0 Å². The van der Waals surface area contributed by atoms with E-state index in [1.165, 1.54) is 11.1 Å². The van der Waals surface area contributed by atoms with Crippen molar-refractivity contribution in [1.82, 2.24) is 0 Å². The largest absolute Gasteiger partial charge is 1.00 e. The number of nitrogens with zero attached hydrogens (tertiary/aromatic N) is 1. The van der Waals surface area contributed by atoms with Gasteiger partial charge in [-0.25, -0.2) is 0 Å². The van der Waals surface area contributed by atoms with Gasteiger partial charge >= 0.3 is 92.5 Å². The molecule has 0 aliphatic carbocycles. The minimum Gasteiger partial charge on any atom is -0.853 e. The molecule has 0 saturated heterocycles. The van der Waals surface area contributed by atoms with Crippen LogP contribution in [0.15, 0.2) is 36.4 Å². The summed E-state index contributed by atoms with van der Waals surface area (Å²) in [6, 6.07) is 17.4. The molecule has 0 saturated carbocycles. The van der Waals surface area contributed by atoms with Gasteiger partial charge in [0.05, 0.1) is 0 Å². The molecule has 0 fully saturated rings. The zero-order valence-electron chi connectivity index (χ0n) is 19.1. The summed E-state index contributed by atoms with van der Waals surface area (Å²) < 4.78 is 0. The predicted molar refractivity (Wildman–Crippen MR) is 91.1 cm³/mol. The Labute approximate surface area is 236 Å². The summed E-state index contributed by atoms with van der Waals surface area (Å²) in [7, 11) is 0. The molecule has 0 aliphatic heterocycles. The molecule has 0 heterocycles. The van der Waals surface area contributed by atoms with E-state index in [-0.39, 0.29) is 106 Å². The molecule has 0 spiro atoms. The molecule has 140 valence electrons. The van der Waals surface area contributed by atoms with E-state index >= 15 is 0 Å². The maximum atomic E-state index is 10.4. The van der Waals surface area contributed by atoms with Crippen molar-refractivity contribution < 1.29 is 103 Å². The number of hydrogen-bond donors (Lipinski definition) is 0. The Kier molecular flexibility index (Phi) is 40.3. The fourth-order valence-electron chi connectivity index (χ4n) is 1.84. The van der Waals surface area contributed by atoms with Gasteiger partial charge in [0, 0.05) is 0 Å². The molecule has 0 bridgehead atoms. The van der Waals surface area contributed by atoms with Crippen molar-refractivity contribution in [3.63, 3.8) is 0 Å². The van der Waals surface area contributed by atoms with Crippen LogP contribution in [0.5, 0.6) is 0 Å². The van der Waals surface area contributed by atoms with E-state index < -0.39 is 0 Å². The van der Waals surface area contributed by atoms with Gasteiger partial charge in [-0.2, -0.15) is 70.8 Å². The van der Waals surface area contributed by atoms with Crippen LogP contribution in [0.2, 0.25) is 0 Å². The summed E-state index contributed by atoms with van der Waals surface area (Å²) in [6.07, 6.45) is 0. The Bertz CT molecular complexity index is 540. The first-order chi connectivity index (χ1) is 11.5. The van der Waals surface area contributed by atoms with Crippen LogP contribution in [0.3, 0.4) is 0 Å². The molecule has 0 aliphatic rings. The summed E-state index contributed by atoms with van der Waals surface area (Å²) in [5.74, 6) is 1.04. The van der Waals surface area contributed by atoms with Gasteiger partial charge in [-0.1, -0.05) is 39.5 Å². The first-order valence-corrected chi connectivity index (χ1v) is 7.87. The number of hydrogen-bond acceptors (Lipinski definition) is 3. The number of rotatable bonds is 4. The molecule has 2 rings (SSSR count). The topological polar surface area (TPSA) is 69.9 Å². The van der Waals surface area contributed by atoms with Gasteiger partial charge < -0.3 is 22.0 Å². The second-order valence-corrected chi connectivity index (χ2v) is 5.89. The summed E-state index contributed by atoms with van der Waals surface area (Å²) in [5, 5.41) is 27.0. The monoisotopic (exact) mass is 413 g/mol. The van der Waals surface area contributed by atoms with Crippen molar-refractivity contribution in [2.24, 2.45) is 0 Å². The van der Waals surface area contributed by atoms with E-state index in [1.54, 1.807) is 0 Å². The summed E-state index contributed by atoms with van der Waals surface area (Å²) >= 11 is 0. The van der Waals surface area contributed by atoms with Crippen molar-refractivity contribution in [1.29, 1.82) is 5.26 Å². The van der Waals surface area contributed by atoms with Gasteiger partial charge in [0.25, 0.3) is 0 Å². The fourth-order valence-corrected chi connectivity index (χ4v) is 1.84. The molecule has 0 atom stereocenters. The fraction of sp³-hybridized carbons (Fsp3) is 0.381. The molecule has 29 heavy (non-hydrogen) atoms. The molecule has 0 amide bonds. The molecule has 3 nitrogen and oxygen atoms in total. The van der Waals surface area contributed by atoms with Crippen molar-refractivity contribution in [3.05, 3.63) is 77.4 Å². The van der Waals surface area contributed by atoms with E-state index in [0.717, 1.165) is 11.1 Å². The molecule has 2 aromatic rings. The Morgan fingerprint density at radius 3 is 1.14 bits per heavy atom. The average molecular weight is 414 g/mol. The van der Waals surface area contributed by atoms with Crippen molar-refractivity contribution in [2.75, 3.05) is 0 Å². The summed E-state index contributed by atoms with van der Waals surface area (Å²) in [5.41, 5.74) is 3.97. The minimum atomic E-state index is -0.168. The third-order valence-corrected chi connectivity index (χ3v) is 3.45. The first kappa shape index (κ1) is 43.6. The Morgan fingerprint density at radius 1 is 0.724 bits per heavy atom. The Morgan fingerprint density at radius 2 is 1.00 bits per heavy atom. The second kappa shape index (κ2) is 26.8. The first-order valence-electron chi connectivity index (χ1n) is 7.87. The molecule has 0 N–H and O–H groups in total. The number of benzene rings is 2. The SMILES string of the molecule is CC(C)c1c[c-]c(C[O-])cc1.CC(C)c1c[c-]c(C[O-])cc1.[C-]#N.[Cu+].[Li+].[Li+].[Li+].[Li+]. The predicted octanol–water partition coefficient (Wildman–Crippen LogP) is -8.95. The van der Waals surface area contributed by atoms with Gasteiger partial charge in [-0.05, 0) is 0 Å². The van der Waals surface area contributed by atoms with Gasteiger partial charge in [0.15, 0.2) is 0 Å². The van der Waals surface area contributed by atoms with Crippen LogP contribution in [-0.4, -0.2) is 0 Å². The van der Waals surface area contributed by atoms with Gasteiger partial charge in [-0.15, -0.1) is 13.2 Å². The van der Waals surface area contributed by atoms with E-state index in [2.05, 4.69) is 39.8 Å². The van der Waals surface area contributed by atoms with Crippen molar-refractivity contribution >= 4 is 0 Å². The van der Waals surface area contributed by atoms with Crippen LogP contribution in [0.1, 0.15) is 61.8 Å². The standard InChI is InChI=1S/2C10H12O.CN.Cu.4Li/c2*1-8(2)10-5-3-9(7-11)4-6-10;1-2;;;;;/h2*3,5-6,8H,7H2,1-2H3;;;;;;/q2*-2;-1;5*+1. The van der Waals surface area contributed by atoms with Gasteiger partial charge in [-0.3, -0.25) is 0 Å². The van der Waals surface area contributed by atoms with Gasteiger partial charge in [0.2, 0.25) is 0 Å². The van der Waals surface area contributed by atoms with Gasteiger partial charge in [0.1, 0.15) is 0 Å². The minimum absolute atomic E-state index is 0. The van der Waals surface area contributed by atoms with E-state index in [4.69, 9.17) is 11.8 Å². The third kappa shape index (κ3) is 19.2. The quantitative estimate of drug-likeness (QED) is 0.369. The van der Waals surface area contributed by atoms with E-state index in [1.807, 2.05) is 36.4 Å². The second-order valence-electron chi connectivity index (χ2n) is 5.89. The molecule has 2 aromatic carbocycles. The molecular formula is C21H24CuLi4NO2. The van der Waals surface area contributed by atoms with E-state index in [9.17, 15) is 10.2 Å². The molecule has 0 unspecified atom stereocenters. The molecule has 8 heteroatoms. The molecular weight excluding hydrogens is 390 g/mol. The molecule has 0 aromatic heterocycles. The summed E-state index contributed by atoms with van der Waals surface area (Å²) in [4.78, 5) is 0. The summed E-state index contributed by atoms with van der Waals surface area (Å²) in [6.45, 7) is 12.9. The van der Waals surface area contributed by atoms with Crippen molar-refractivity contribution in [3.8, 4) is 0 Å². The van der Waals surface area contributed by atoms with Crippen LogP contribution in [0.4, 0.5) is 0 Å². The van der Waals surface area contributed by atoms with E-state index in [0.29, 0.717) is 11.8 Å². The zero-order chi connectivity index (χ0) is 18.5. The van der Waals surface area contributed by atoms with Crippen LogP contribution in [-0.2, 0) is 30.3 Å². The third-order valence-electron chi connectivity index (χ3n) is 3.45. The maximum absolute atomic E-state index is 10.4. The Balaban J connectivity index is -0.0000000724. The van der Waals surface area contributed by atoms with Crippen LogP contribution in [0, 0.1) is 24.0 Å². The average Bonchev–Trinajstić information content (AvgIpc) is 2.64. The normalized spacial score (nSPS) is 8.07. The van der Waals surface area contributed by atoms with Crippen LogP contribution < -0.4 is 85.7 Å². The van der Waals surface area contributed by atoms with Crippen LogP contribution >= 0.6 is 0 Å².